The van der Waals surface area contributed by atoms with Crippen LogP contribution in [-0.2, 0) is 0 Å². The Morgan fingerprint density at radius 1 is 1.00 bits per heavy atom. The maximum Gasteiger partial charge on any atom is 0.0215 e. The molecular weight excluding hydrogens is 124 g/mol. The molecule has 0 amide bonds. The maximum absolute atomic E-state index is 5.41. The first-order valence-corrected chi connectivity index (χ1v) is 4.34. The van der Waals surface area contributed by atoms with E-state index in [2.05, 4.69) is 5.43 Å². The highest BCUT2D eigenvalue weighted by Gasteiger charge is 2.33. The summed E-state index contributed by atoms with van der Waals surface area (Å²) in [5.41, 5.74) is 2.90. The van der Waals surface area contributed by atoms with Crippen LogP contribution in [0.15, 0.2) is 0 Å². The Morgan fingerprint density at radius 3 is 2.10 bits per heavy atom. The Hall–Kier alpha value is -0.0800. The van der Waals surface area contributed by atoms with E-state index in [4.69, 9.17) is 5.84 Å². The molecule has 2 aliphatic rings. The molecule has 3 atom stereocenters. The van der Waals surface area contributed by atoms with Crippen molar-refractivity contribution < 1.29 is 0 Å². The van der Waals surface area contributed by atoms with Crippen LogP contribution in [0.4, 0.5) is 0 Å². The van der Waals surface area contributed by atoms with Crippen molar-refractivity contribution in [2.45, 2.75) is 38.1 Å². The van der Waals surface area contributed by atoms with Crippen LogP contribution in [0.5, 0.6) is 0 Å². The molecule has 0 radical (unpaired) electrons. The van der Waals surface area contributed by atoms with Crippen molar-refractivity contribution in [2.24, 2.45) is 17.7 Å². The van der Waals surface area contributed by atoms with Crippen molar-refractivity contribution in [3.8, 4) is 0 Å². The lowest BCUT2D eigenvalue weighted by Crippen LogP contribution is -2.39. The highest BCUT2D eigenvalue weighted by atomic mass is 15.2. The van der Waals surface area contributed by atoms with Gasteiger partial charge in [0.2, 0.25) is 0 Å². The average Bonchev–Trinajstić information content (AvgIpc) is 2.30. The van der Waals surface area contributed by atoms with Gasteiger partial charge >= 0.3 is 0 Å². The molecule has 0 aliphatic heterocycles. The lowest BCUT2D eigenvalue weighted by Gasteiger charge is -2.26. The number of rotatable bonds is 1. The summed E-state index contributed by atoms with van der Waals surface area (Å²) < 4.78 is 0. The van der Waals surface area contributed by atoms with Gasteiger partial charge in [0.05, 0.1) is 0 Å². The van der Waals surface area contributed by atoms with Crippen molar-refractivity contribution in [1.29, 1.82) is 0 Å². The summed E-state index contributed by atoms with van der Waals surface area (Å²) in [7, 11) is 0. The van der Waals surface area contributed by atoms with Gasteiger partial charge in [-0.1, -0.05) is 12.8 Å². The molecule has 0 aromatic heterocycles. The molecule has 0 saturated heterocycles. The number of hydrazine groups is 1. The van der Waals surface area contributed by atoms with E-state index in [-0.39, 0.29) is 0 Å². The predicted molar refractivity (Wildman–Crippen MR) is 41.2 cm³/mol. The molecule has 58 valence electrons. The third-order valence-electron chi connectivity index (χ3n) is 3.12. The molecule has 0 aromatic rings. The third kappa shape index (κ3) is 1.06. The van der Waals surface area contributed by atoms with Crippen LogP contribution >= 0.6 is 0 Å². The summed E-state index contributed by atoms with van der Waals surface area (Å²) in [6, 6.07) is 0.631. The molecule has 0 spiro atoms. The Balaban J connectivity index is 1.96. The van der Waals surface area contributed by atoms with Gasteiger partial charge in [-0.15, -0.1) is 0 Å². The van der Waals surface area contributed by atoms with Crippen molar-refractivity contribution in [1.82, 2.24) is 5.43 Å². The SMILES string of the molecule is NNC1CC2CC[C@@H](C2)C1. The second kappa shape index (κ2) is 2.51. The lowest BCUT2D eigenvalue weighted by atomic mass is 9.86. The Kier molecular flexibility index (Phi) is 1.66. The fourth-order valence-electron chi connectivity index (χ4n) is 2.64. The summed E-state index contributed by atoms with van der Waals surface area (Å²) >= 11 is 0. The molecule has 0 aromatic carbocycles. The Morgan fingerprint density at radius 2 is 1.60 bits per heavy atom. The van der Waals surface area contributed by atoms with E-state index in [1.165, 1.54) is 32.1 Å². The number of hydrogen-bond acceptors (Lipinski definition) is 2. The summed E-state index contributed by atoms with van der Waals surface area (Å²) in [4.78, 5) is 0. The van der Waals surface area contributed by atoms with E-state index >= 15 is 0 Å². The van der Waals surface area contributed by atoms with Gasteiger partial charge in [0.15, 0.2) is 0 Å². The van der Waals surface area contributed by atoms with E-state index < -0.39 is 0 Å². The van der Waals surface area contributed by atoms with Crippen molar-refractivity contribution >= 4 is 0 Å². The standard InChI is InChI=1S/C8H16N2/c9-10-8-4-6-1-2-7(3-6)5-8/h6-8,10H,1-5,9H2/t6-,7?,8?/m0/s1. The topological polar surface area (TPSA) is 38.0 Å². The van der Waals surface area contributed by atoms with E-state index in [1.807, 2.05) is 0 Å². The molecule has 2 saturated carbocycles. The predicted octanol–water partition coefficient (Wildman–Crippen LogP) is 1.03. The molecule has 3 N–H and O–H groups in total. The minimum Gasteiger partial charge on any atom is -0.271 e. The van der Waals surface area contributed by atoms with Gasteiger partial charge < -0.3 is 0 Å². The molecule has 2 fully saturated rings. The summed E-state index contributed by atoms with van der Waals surface area (Å²) in [5, 5.41) is 0. The third-order valence-corrected chi connectivity index (χ3v) is 3.12. The zero-order valence-electron chi connectivity index (χ0n) is 6.34. The molecule has 2 nitrogen and oxygen atoms in total. The Bertz CT molecular complexity index is 112. The van der Waals surface area contributed by atoms with Gasteiger partial charge in [-0.25, -0.2) is 0 Å². The first-order valence-electron chi connectivity index (χ1n) is 4.34. The van der Waals surface area contributed by atoms with Crippen LogP contribution in [0.2, 0.25) is 0 Å². The lowest BCUT2D eigenvalue weighted by molar-refractivity contribution is 0.283. The quantitative estimate of drug-likeness (QED) is 0.421. The highest BCUT2D eigenvalue weighted by Crippen LogP contribution is 2.41. The highest BCUT2D eigenvalue weighted by molar-refractivity contribution is 4.87. The molecule has 10 heavy (non-hydrogen) atoms. The van der Waals surface area contributed by atoms with E-state index in [0.29, 0.717) is 6.04 Å². The van der Waals surface area contributed by atoms with Gasteiger partial charge in [-0.2, -0.15) is 0 Å². The minimum atomic E-state index is 0.631. The molecule has 2 bridgehead atoms. The number of nitrogens with two attached hydrogens (primary N) is 1. The molecular formula is C8H16N2. The Labute approximate surface area is 62.1 Å². The first-order chi connectivity index (χ1) is 4.88. The van der Waals surface area contributed by atoms with Gasteiger partial charge in [0, 0.05) is 6.04 Å². The van der Waals surface area contributed by atoms with E-state index in [0.717, 1.165) is 11.8 Å². The van der Waals surface area contributed by atoms with Crippen LogP contribution in [0.1, 0.15) is 32.1 Å². The van der Waals surface area contributed by atoms with E-state index in [9.17, 15) is 0 Å². The number of hydrogen-bond donors (Lipinski definition) is 2. The second-order valence-electron chi connectivity index (χ2n) is 3.88. The average molecular weight is 140 g/mol. The molecule has 0 heterocycles. The first kappa shape index (κ1) is 6.62. The van der Waals surface area contributed by atoms with Gasteiger partial charge in [0.1, 0.15) is 0 Å². The summed E-state index contributed by atoms with van der Waals surface area (Å²) in [5.74, 6) is 7.41. The molecule has 2 unspecified atom stereocenters. The zero-order valence-corrected chi connectivity index (χ0v) is 6.34. The van der Waals surface area contributed by atoms with Crippen LogP contribution in [0.3, 0.4) is 0 Å². The largest absolute Gasteiger partial charge is 0.271 e. The van der Waals surface area contributed by atoms with Crippen molar-refractivity contribution in [3.63, 3.8) is 0 Å². The molecule has 2 heteroatoms. The van der Waals surface area contributed by atoms with Crippen molar-refractivity contribution in [3.05, 3.63) is 0 Å². The number of nitrogens with one attached hydrogen (secondary N) is 1. The van der Waals surface area contributed by atoms with E-state index in [1.54, 1.807) is 0 Å². The zero-order chi connectivity index (χ0) is 6.97. The van der Waals surface area contributed by atoms with Gasteiger partial charge in [-0.05, 0) is 31.1 Å². The molecule has 2 aliphatic carbocycles. The van der Waals surface area contributed by atoms with Gasteiger partial charge in [-0.3, -0.25) is 11.3 Å². The second-order valence-corrected chi connectivity index (χ2v) is 3.88. The van der Waals surface area contributed by atoms with Gasteiger partial charge in [0.25, 0.3) is 0 Å². The normalized spacial score (nSPS) is 45.9. The molecule has 2 rings (SSSR count). The van der Waals surface area contributed by atoms with Crippen LogP contribution in [0.25, 0.3) is 0 Å². The van der Waals surface area contributed by atoms with Crippen LogP contribution < -0.4 is 11.3 Å². The number of fused-ring (bicyclic) bond motifs is 2. The maximum atomic E-state index is 5.41. The monoisotopic (exact) mass is 140 g/mol. The smallest absolute Gasteiger partial charge is 0.0215 e. The fourth-order valence-corrected chi connectivity index (χ4v) is 2.64. The minimum absolute atomic E-state index is 0.631. The van der Waals surface area contributed by atoms with Crippen LogP contribution in [0, 0.1) is 11.8 Å². The summed E-state index contributed by atoms with van der Waals surface area (Å²) in [6.45, 7) is 0. The van der Waals surface area contributed by atoms with Crippen molar-refractivity contribution in [2.75, 3.05) is 0 Å². The summed E-state index contributed by atoms with van der Waals surface area (Å²) in [6.07, 6.45) is 7.06. The fraction of sp³-hybridized carbons (Fsp3) is 1.00. The van der Waals surface area contributed by atoms with Crippen LogP contribution in [-0.4, -0.2) is 6.04 Å².